The monoisotopic (exact) mass is 529 g/mol. The Labute approximate surface area is 230 Å². The largest absolute Gasteiger partial charge is 0.340 e. The number of aromatic nitrogens is 3. The summed E-state index contributed by atoms with van der Waals surface area (Å²) in [4.78, 5) is 35.0. The van der Waals surface area contributed by atoms with E-state index < -0.39 is 6.04 Å². The highest BCUT2D eigenvalue weighted by Gasteiger charge is 2.37. The quantitative estimate of drug-likeness (QED) is 0.392. The van der Waals surface area contributed by atoms with Gasteiger partial charge in [0.25, 0.3) is 5.91 Å². The first-order valence-electron chi connectivity index (χ1n) is 13.9. The molecule has 2 amide bonds. The molecule has 39 heavy (non-hydrogen) atoms. The van der Waals surface area contributed by atoms with E-state index in [-0.39, 0.29) is 11.8 Å². The number of likely N-dealkylation sites (N-methyl/N-ethyl adjacent to an activating group) is 1. The number of aryl methyl sites for hydroxylation is 2. The maximum Gasteiger partial charge on any atom is 0.251 e. The maximum absolute atomic E-state index is 13.5. The first-order chi connectivity index (χ1) is 18.9. The minimum Gasteiger partial charge on any atom is -0.340 e. The maximum atomic E-state index is 13.5. The Kier molecular flexibility index (Phi) is 8.38. The van der Waals surface area contributed by atoms with Crippen molar-refractivity contribution in [3.8, 4) is 11.4 Å². The number of carbonyl (C=O) groups is 2. The minimum atomic E-state index is -0.549. The van der Waals surface area contributed by atoms with Gasteiger partial charge in [0, 0.05) is 56.3 Å². The van der Waals surface area contributed by atoms with E-state index in [1.54, 1.807) is 23.1 Å². The number of benzene rings is 2. The molecule has 2 aromatic carbocycles. The van der Waals surface area contributed by atoms with Crippen LogP contribution in [-0.4, -0.2) is 88.2 Å². The first kappa shape index (κ1) is 27.0. The van der Waals surface area contributed by atoms with Gasteiger partial charge in [-0.15, -0.1) is 0 Å². The standard InChI is InChI=1S/C30H39N7O2/c1-21-6-8-22(9-7-21)25-19-27(25)31-14-4-5-26(30(39)37-17-15-35(2)16-18-37)33-29(38)24-12-10-23(11-13-24)28-32-20-36(3)34-28/h6-13,20,25-27,31H,4-5,14-19H2,1-3H3,(H,33,38)/t25-,26-,27+/m0/s1. The van der Waals surface area contributed by atoms with Crippen LogP contribution in [0.3, 0.4) is 0 Å². The Hall–Kier alpha value is -3.56. The molecule has 9 nitrogen and oxygen atoms in total. The van der Waals surface area contributed by atoms with Crippen LogP contribution in [0.1, 0.15) is 46.7 Å². The van der Waals surface area contributed by atoms with Crippen molar-refractivity contribution in [1.29, 1.82) is 0 Å². The Morgan fingerprint density at radius 3 is 2.38 bits per heavy atom. The average molecular weight is 530 g/mol. The van der Waals surface area contributed by atoms with Gasteiger partial charge in [-0.25, -0.2) is 4.98 Å². The van der Waals surface area contributed by atoms with Crippen molar-refractivity contribution in [2.45, 2.75) is 44.2 Å². The molecule has 0 bridgehead atoms. The van der Waals surface area contributed by atoms with E-state index in [1.165, 1.54) is 11.1 Å². The number of piperazine rings is 1. The summed E-state index contributed by atoms with van der Waals surface area (Å²) in [5.74, 6) is 0.949. The lowest BCUT2D eigenvalue weighted by Gasteiger charge is -2.34. The van der Waals surface area contributed by atoms with Crippen molar-refractivity contribution in [2.75, 3.05) is 39.8 Å². The van der Waals surface area contributed by atoms with Crippen LogP contribution in [-0.2, 0) is 11.8 Å². The van der Waals surface area contributed by atoms with Gasteiger partial charge in [0.2, 0.25) is 5.91 Å². The number of hydrogen-bond acceptors (Lipinski definition) is 6. The third-order valence-electron chi connectivity index (χ3n) is 7.80. The Bertz CT molecular complexity index is 1260. The van der Waals surface area contributed by atoms with Gasteiger partial charge < -0.3 is 20.4 Å². The van der Waals surface area contributed by atoms with Crippen LogP contribution >= 0.6 is 0 Å². The molecule has 1 aliphatic heterocycles. The molecule has 2 aliphatic rings. The van der Waals surface area contributed by atoms with Crippen molar-refractivity contribution in [1.82, 2.24) is 35.2 Å². The highest BCUT2D eigenvalue weighted by molar-refractivity contribution is 5.97. The summed E-state index contributed by atoms with van der Waals surface area (Å²) in [7, 11) is 3.89. The molecule has 1 aromatic heterocycles. The molecule has 2 N–H and O–H groups in total. The zero-order valence-electron chi connectivity index (χ0n) is 23.1. The second-order valence-corrected chi connectivity index (χ2v) is 10.9. The van der Waals surface area contributed by atoms with Gasteiger partial charge >= 0.3 is 0 Å². The van der Waals surface area contributed by atoms with E-state index >= 15 is 0 Å². The van der Waals surface area contributed by atoms with Gasteiger partial charge in [0.1, 0.15) is 12.4 Å². The van der Waals surface area contributed by atoms with Crippen LogP contribution in [0.25, 0.3) is 11.4 Å². The molecular weight excluding hydrogens is 490 g/mol. The van der Waals surface area contributed by atoms with Crippen LogP contribution in [0.5, 0.6) is 0 Å². The van der Waals surface area contributed by atoms with Gasteiger partial charge in [-0.3, -0.25) is 14.3 Å². The number of nitrogens with zero attached hydrogens (tertiary/aromatic N) is 5. The number of rotatable bonds is 10. The predicted octanol–water partition coefficient (Wildman–Crippen LogP) is 2.59. The van der Waals surface area contributed by atoms with Crippen molar-refractivity contribution in [3.63, 3.8) is 0 Å². The number of carbonyl (C=O) groups excluding carboxylic acids is 2. The molecule has 3 aromatic rings. The van der Waals surface area contributed by atoms with Crippen LogP contribution in [0.4, 0.5) is 0 Å². The molecule has 1 aliphatic carbocycles. The Balaban J connectivity index is 1.17. The number of nitrogens with one attached hydrogen (secondary N) is 2. The van der Waals surface area contributed by atoms with E-state index in [9.17, 15) is 9.59 Å². The zero-order chi connectivity index (χ0) is 27.4. The molecular formula is C30H39N7O2. The average Bonchev–Trinajstić information content (AvgIpc) is 3.59. The highest BCUT2D eigenvalue weighted by Crippen LogP contribution is 2.40. The number of hydrogen-bond donors (Lipinski definition) is 2. The summed E-state index contributed by atoms with van der Waals surface area (Å²) in [5, 5.41) is 11.0. The fraction of sp³-hybridized carbons (Fsp3) is 0.467. The molecule has 0 unspecified atom stereocenters. The van der Waals surface area contributed by atoms with Gasteiger partial charge in [-0.2, -0.15) is 5.10 Å². The lowest BCUT2D eigenvalue weighted by molar-refractivity contribution is -0.135. The summed E-state index contributed by atoms with van der Waals surface area (Å²) in [6, 6.07) is 15.9. The normalized spacial score (nSPS) is 20.0. The van der Waals surface area contributed by atoms with E-state index in [4.69, 9.17) is 0 Å². The lowest BCUT2D eigenvalue weighted by atomic mass is 10.1. The molecule has 2 heterocycles. The molecule has 9 heteroatoms. The zero-order valence-corrected chi connectivity index (χ0v) is 23.1. The second kappa shape index (κ2) is 12.1. The minimum absolute atomic E-state index is 0.00899. The smallest absolute Gasteiger partial charge is 0.251 e. The summed E-state index contributed by atoms with van der Waals surface area (Å²) in [6.07, 6.45) is 4.20. The van der Waals surface area contributed by atoms with Crippen LogP contribution < -0.4 is 10.6 Å². The molecule has 5 rings (SSSR count). The summed E-state index contributed by atoms with van der Waals surface area (Å²) in [5.41, 5.74) is 4.02. The van der Waals surface area contributed by atoms with E-state index in [0.29, 0.717) is 42.9 Å². The predicted molar refractivity (Wildman–Crippen MR) is 151 cm³/mol. The van der Waals surface area contributed by atoms with Crippen LogP contribution in [0, 0.1) is 6.92 Å². The highest BCUT2D eigenvalue weighted by atomic mass is 16.2. The third kappa shape index (κ3) is 6.91. The molecule has 1 saturated heterocycles. The van der Waals surface area contributed by atoms with Gasteiger partial charge in [-0.05, 0) is 57.5 Å². The molecule has 1 saturated carbocycles. The van der Waals surface area contributed by atoms with E-state index in [1.807, 2.05) is 24.1 Å². The number of amides is 2. The fourth-order valence-corrected chi connectivity index (χ4v) is 5.18. The summed E-state index contributed by atoms with van der Waals surface area (Å²) < 4.78 is 1.64. The molecule has 3 atom stereocenters. The molecule has 2 fully saturated rings. The molecule has 0 radical (unpaired) electrons. The first-order valence-corrected chi connectivity index (χ1v) is 13.9. The van der Waals surface area contributed by atoms with Crippen molar-refractivity contribution in [3.05, 3.63) is 71.5 Å². The molecule has 0 spiro atoms. The van der Waals surface area contributed by atoms with Gasteiger partial charge in [0.05, 0.1) is 0 Å². The van der Waals surface area contributed by atoms with Crippen molar-refractivity contribution >= 4 is 11.8 Å². The van der Waals surface area contributed by atoms with E-state index in [0.717, 1.165) is 38.0 Å². The lowest BCUT2D eigenvalue weighted by Crippen LogP contribution is -2.54. The van der Waals surface area contributed by atoms with Crippen molar-refractivity contribution < 1.29 is 9.59 Å². The van der Waals surface area contributed by atoms with Crippen LogP contribution in [0.2, 0.25) is 0 Å². The molecule has 206 valence electrons. The summed E-state index contributed by atoms with van der Waals surface area (Å²) >= 11 is 0. The second-order valence-electron chi connectivity index (χ2n) is 10.9. The topological polar surface area (TPSA) is 95.4 Å². The fourth-order valence-electron chi connectivity index (χ4n) is 5.18. The van der Waals surface area contributed by atoms with Gasteiger partial charge in [-0.1, -0.05) is 42.0 Å². The van der Waals surface area contributed by atoms with Gasteiger partial charge in [0.15, 0.2) is 5.82 Å². The van der Waals surface area contributed by atoms with Crippen molar-refractivity contribution in [2.24, 2.45) is 7.05 Å². The third-order valence-corrected chi connectivity index (χ3v) is 7.80. The summed E-state index contributed by atoms with van der Waals surface area (Å²) in [6.45, 7) is 6.00. The SMILES string of the molecule is Cc1ccc([C@@H]2C[C@H]2NCCC[C@H](NC(=O)c2ccc(-c3ncn(C)n3)cc2)C(=O)N2CCN(C)CC2)cc1. The van der Waals surface area contributed by atoms with Crippen LogP contribution in [0.15, 0.2) is 54.9 Å². The Morgan fingerprint density at radius 1 is 1.00 bits per heavy atom. The Morgan fingerprint density at radius 2 is 1.72 bits per heavy atom. The van der Waals surface area contributed by atoms with E-state index in [2.05, 4.69) is 63.9 Å².